The van der Waals surface area contributed by atoms with Crippen molar-refractivity contribution >= 4 is 0 Å². The molecular formula is C7H13NO. The fourth-order valence-electron chi connectivity index (χ4n) is 1.23. The summed E-state index contributed by atoms with van der Waals surface area (Å²) in [5.74, 6) is 0.937. The van der Waals surface area contributed by atoms with Crippen LogP contribution in [0.2, 0.25) is 0 Å². The lowest BCUT2D eigenvalue weighted by molar-refractivity contribution is 0.291. The number of hydrogen-bond acceptors (Lipinski definition) is 2. The van der Waals surface area contributed by atoms with Crippen LogP contribution in [0, 0.1) is 10.8 Å². The summed E-state index contributed by atoms with van der Waals surface area (Å²) in [4.78, 5) is 9.64. The maximum Gasteiger partial charge on any atom is 0.0811 e. The molecular weight excluding hydrogens is 114 g/mol. The number of nitroso groups, excluding NO2 is 1. The highest BCUT2D eigenvalue weighted by Crippen LogP contribution is 2.30. The van der Waals surface area contributed by atoms with Crippen LogP contribution >= 0.6 is 0 Å². The van der Waals surface area contributed by atoms with Gasteiger partial charge in [0, 0.05) is 0 Å². The molecule has 0 bridgehead atoms. The maximum atomic E-state index is 9.64. The average Bonchev–Trinajstić information content (AvgIpc) is 1.76. The van der Waals surface area contributed by atoms with Crippen molar-refractivity contribution in [1.29, 1.82) is 0 Å². The second-order valence-corrected chi connectivity index (χ2v) is 2.79. The van der Waals surface area contributed by atoms with Crippen LogP contribution in [0.15, 0.2) is 5.18 Å². The van der Waals surface area contributed by atoms with E-state index in [0.29, 0.717) is 6.54 Å². The van der Waals surface area contributed by atoms with Crippen LogP contribution in [0.3, 0.4) is 0 Å². The molecule has 0 atom stereocenters. The summed E-state index contributed by atoms with van der Waals surface area (Å²) in [6, 6.07) is 0. The maximum absolute atomic E-state index is 9.64. The summed E-state index contributed by atoms with van der Waals surface area (Å²) in [6.45, 7) is 0.524. The van der Waals surface area contributed by atoms with E-state index in [1.807, 2.05) is 0 Å². The van der Waals surface area contributed by atoms with E-state index in [4.69, 9.17) is 0 Å². The summed E-state index contributed by atoms with van der Waals surface area (Å²) in [6.07, 6.45) is 6.41. The smallest absolute Gasteiger partial charge is 0.0811 e. The normalized spacial score (nSPS) is 19.1. The van der Waals surface area contributed by atoms with E-state index in [2.05, 4.69) is 5.18 Å². The average molecular weight is 127 g/mol. The van der Waals surface area contributed by atoms with E-state index in [9.17, 15) is 4.91 Å². The molecule has 0 aromatic heterocycles. The Labute approximate surface area is 55.6 Å². The first-order valence-corrected chi connectivity index (χ1v) is 3.72. The van der Waals surface area contributed by atoms with E-state index in [1.165, 1.54) is 25.7 Å². The molecule has 0 spiro atoms. The number of nitrogens with zero attached hydrogens (tertiary/aromatic N) is 1. The number of hydrogen-bond donors (Lipinski definition) is 0. The molecule has 0 heterocycles. The minimum absolute atomic E-state index is 0.524. The minimum Gasteiger partial charge on any atom is -0.151 e. The molecule has 0 aromatic rings. The zero-order valence-corrected chi connectivity index (χ0v) is 5.68. The molecule has 1 rings (SSSR count). The van der Waals surface area contributed by atoms with Crippen LogP contribution in [0.4, 0.5) is 0 Å². The molecule has 9 heavy (non-hydrogen) atoms. The Bertz CT molecular complexity index is 88.9. The Balaban J connectivity index is 1.85. The van der Waals surface area contributed by atoms with Crippen molar-refractivity contribution < 1.29 is 0 Å². The third-order valence-corrected chi connectivity index (χ3v) is 2.09. The van der Waals surface area contributed by atoms with E-state index in [1.54, 1.807) is 0 Å². The van der Waals surface area contributed by atoms with Crippen LogP contribution in [0.5, 0.6) is 0 Å². The second-order valence-electron chi connectivity index (χ2n) is 2.79. The van der Waals surface area contributed by atoms with Crippen molar-refractivity contribution in [2.24, 2.45) is 11.1 Å². The second kappa shape index (κ2) is 3.59. The van der Waals surface area contributed by atoms with Crippen molar-refractivity contribution in [2.45, 2.75) is 32.1 Å². The van der Waals surface area contributed by atoms with E-state index in [-0.39, 0.29) is 0 Å². The first kappa shape index (κ1) is 6.72. The molecule has 2 heteroatoms. The summed E-state index contributed by atoms with van der Waals surface area (Å²) < 4.78 is 0. The Morgan fingerprint density at radius 1 is 1.44 bits per heavy atom. The van der Waals surface area contributed by atoms with Gasteiger partial charge < -0.3 is 0 Å². The standard InChI is InChI=1S/C7H13NO/c9-8-6-2-5-7-3-1-4-7/h7H,1-6H2. The van der Waals surface area contributed by atoms with Crippen molar-refractivity contribution in [3.05, 3.63) is 4.91 Å². The molecule has 0 amide bonds. The van der Waals surface area contributed by atoms with Crippen LogP contribution in [0.25, 0.3) is 0 Å². The largest absolute Gasteiger partial charge is 0.151 e. The van der Waals surface area contributed by atoms with Crippen LogP contribution < -0.4 is 0 Å². The first-order valence-electron chi connectivity index (χ1n) is 3.72. The van der Waals surface area contributed by atoms with Crippen molar-refractivity contribution in [3.63, 3.8) is 0 Å². The fraction of sp³-hybridized carbons (Fsp3) is 1.00. The molecule has 0 saturated heterocycles. The topological polar surface area (TPSA) is 29.4 Å². The first-order chi connectivity index (χ1) is 4.43. The number of rotatable bonds is 4. The molecule has 0 aromatic carbocycles. The lowest BCUT2D eigenvalue weighted by atomic mass is 9.82. The monoisotopic (exact) mass is 127 g/mol. The Morgan fingerprint density at radius 3 is 2.67 bits per heavy atom. The summed E-state index contributed by atoms with van der Waals surface area (Å²) in [5.41, 5.74) is 0. The molecule has 1 aliphatic rings. The molecule has 0 aliphatic heterocycles. The van der Waals surface area contributed by atoms with Gasteiger partial charge in [0.1, 0.15) is 0 Å². The Morgan fingerprint density at radius 2 is 2.22 bits per heavy atom. The quantitative estimate of drug-likeness (QED) is 0.421. The highest BCUT2D eigenvalue weighted by atomic mass is 16.3. The van der Waals surface area contributed by atoms with Gasteiger partial charge in [0.2, 0.25) is 0 Å². The zero-order valence-electron chi connectivity index (χ0n) is 5.68. The van der Waals surface area contributed by atoms with Gasteiger partial charge in [-0.15, -0.1) is 0 Å². The van der Waals surface area contributed by atoms with E-state index < -0.39 is 0 Å². The predicted octanol–water partition coefficient (Wildman–Crippen LogP) is 2.33. The van der Waals surface area contributed by atoms with Gasteiger partial charge in [-0.1, -0.05) is 24.4 Å². The van der Waals surface area contributed by atoms with Gasteiger partial charge in [-0.2, -0.15) is 4.91 Å². The highest BCUT2D eigenvalue weighted by Gasteiger charge is 2.15. The molecule has 0 radical (unpaired) electrons. The molecule has 0 N–H and O–H groups in total. The Kier molecular flexibility index (Phi) is 2.68. The van der Waals surface area contributed by atoms with Crippen molar-refractivity contribution in [2.75, 3.05) is 6.54 Å². The van der Waals surface area contributed by atoms with Gasteiger partial charge in [0.25, 0.3) is 0 Å². The van der Waals surface area contributed by atoms with Gasteiger partial charge in [-0.3, -0.25) is 0 Å². The van der Waals surface area contributed by atoms with Crippen LogP contribution in [-0.2, 0) is 0 Å². The predicted molar refractivity (Wildman–Crippen MR) is 37.2 cm³/mol. The van der Waals surface area contributed by atoms with Crippen LogP contribution in [0.1, 0.15) is 32.1 Å². The highest BCUT2D eigenvalue weighted by molar-refractivity contribution is 4.69. The Hall–Kier alpha value is -0.400. The fourth-order valence-corrected chi connectivity index (χ4v) is 1.23. The molecule has 52 valence electrons. The van der Waals surface area contributed by atoms with Gasteiger partial charge in [0.15, 0.2) is 0 Å². The summed E-state index contributed by atoms with van der Waals surface area (Å²) in [7, 11) is 0. The molecule has 0 unspecified atom stereocenters. The molecule has 1 saturated carbocycles. The van der Waals surface area contributed by atoms with Gasteiger partial charge >= 0.3 is 0 Å². The summed E-state index contributed by atoms with van der Waals surface area (Å²) in [5, 5.41) is 2.82. The third-order valence-electron chi connectivity index (χ3n) is 2.09. The SMILES string of the molecule is O=NCCCC1CCC1. The van der Waals surface area contributed by atoms with E-state index >= 15 is 0 Å². The molecule has 1 fully saturated rings. The third kappa shape index (κ3) is 2.12. The van der Waals surface area contributed by atoms with Crippen molar-refractivity contribution in [3.8, 4) is 0 Å². The lowest BCUT2D eigenvalue weighted by Gasteiger charge is -2.24. The van der Waals surface area contributed by atoms with Gasteiger partial charge in [-0.25, -0.2) is 0 Å². The van der Waals surface area contributed by atoms with Crippen molar-refractivity contribution in [1.82, 2.24) is 0 Å². The lowest BCUT2D eigenvalue weighted by Crippen LogP contribution is -2.10. The molecule has 2 nitrogen and oxygen atoms in total. The molecule has 1 aliphatic carbocycles. The van der Waals surface area contributed by atoms with Crippen LogP contribution in [-0.4, -0.2) is 6.54 Å². The summed E-state index contributed by atoms with van der Waals surface area (Å²) >= 11 is 0. The van der Waals surface area contributed by atoms with E-state index in [0.717, 1.165) is 12.3 Å². The van der Waals surface area contributed by atoms with Gasteiger partial charge in [-0.05, 0) is 18.8 Å². The zero-order chi connectivity index (χ0) is 6.53. The van der Waals surface area contributed by atoms with Gasteiger partial charge in [0.05, 0.1) is 6.54 Å². The minimum atomic E-state index is 0.524.